The lowest BCUT2D eigenvalue weighted by Crippen LogP contribution is -2.42. The Hall–Kier alpha value is -1.01. The van der Waals surface area contributed by atoms with Crippen molar-refractivity contribution in [1.29, 1.82) is 0 Å². The van der Waals surface area contributed by atoms with E-state index in [4.69, 9.17) is 0 Å². The predicted octanol–water partition coefficient (Wildman–Crippen LogP) is 0.167. The minimum absolute atomic E-state index is 0.105. The van der Waals surface area contributed by atoms with Crippen molar-refractivity contribution in [3.05, 3.63) is 18.7 Å². The molecular formula is C10H15N3O2S. The highest BCUT2D eigenvalue weighted by molar-refractivity contribution is 7.99. The summed E-state index contributed by atoms with van der Waals surface area (Å²) < 4.78 is 1.88. The van der Waals surface area contributed by atoms with Crippen LogP contribution in [0.5, 0.6) is 0 Å². The van der Waals surface area contributed by atoms with E-state index in [0.717, 1.165) is 12.3 Å². The number of rotatable bonds is 3. The Bertz CT molecular complexity index is 342. The molecule has 0 radical (unpaired) electrons. The molecular weight excluding hydrogens is 226 g/mol. The van der Waals surface area contributed by atoms with Crippen LogP contribution >= 0.6 is 11.8 Å². The van der Waals surface area contributed by atoms with Gasteiger partial charge in [0.05, 0.1) is 12.9 Å². The largest absolute Gasteiger partial charge is 0.381 e. The van der Waals surface area contributed by atoms with Gasteiger partial charge in [-0.3, -0.25) is 4.79 Å². The molecule has 1 amide bonds. The summed E-state index contributed by atoms with van der Waals surface area (Å²) in [5, 5.41) is 9.43. The van der Waals surface area contributed by atoms with Gasteiger partial charge in [-0.05, 0) is 0 Å². The SMILES string of the molecule is O=C(CCn1ccnc1)N1CCSC(O)C1. The maximum absolute atomic E-state index is 11.8. The summed E-state index contributed by atoms with van der Waals surface area (Å²) in [7, 11) is 0. The van der Waals surface area contributed by atoms with Crippen LogP contribution in [-0.2, 0) is 11.3 Å². The van der Waals surface area contributed by atoms with E-state index < -0.39 is 5.44 Å². The Morgan fingerprint density at radius 1 is 1.62 bits per heavy atom. The molecule has 88 valence electrons. The Labute approximate surface area is 98.5 Å². The number of hydrogen-bond acceptors (Lipinski definition) is 4. The van der Waals surface area contributed by atoms with Crippen LogP contribution in [0.2, 0.25) is 0 Å². The van der Waals surface area contributed by atoms with Gasteiger partial charge >= 0.3 is 0 Å². The molecule has 2 heterocycles. The Morgan fingerprint density at radius 3 is 3.19 bits per heavy atom. The molecule has 1 fully saturated rings. The van der Waals surface area contributed by atoms with Crippen LogP contribution in [0, 0.1) is 0 Å². The highest BCUT2D eigenvalue weighted by atomic mass is 32.2. The number of aryl methyl sites for hydroxylation is 1. The van der Waals surface area contributed by atoms with E-state index in [1.54, 1.807) is 17.4 Å². The van der Waals surface area contributed by atoms with Gasteiger partial charge in [-0.25, -0.2) is 4.98 Å². The molecule has 6 heteroatoms. The number of β-amino-alcohol motifs (C(OH)–C–C–N with tert-alkyl or cyclic N) is 1. The van der Waals surface area contributed by atoms with Gasteiger partial charge < -0.3 is 14.6 Å². The van der Waals surface area contributed by atoms with Crippen molar-refractivity contribution in [3.8, 4) is 0 Å². The highest BCUT2D eigenvalue weighted by Crippen LogP contribution is 2.16. The first kappa shape index (κ1) is 11.5. The molecule has 1 aliphatic rings. The first-order valence-electron chi connectivity index (χ1n) is 5.29. The van der Waals surface area contributed by atoms with Crippen LogP contribution in [-0.4, -0.2) is 49.7 Å². The smallest absolute Gasteiger partial charge is 0.224 e. The fraction of sp³-hybridized carbons (Fsp3) is 0.600. The summed E-state index contributed by atoms with van der Waals surface area (Å²) in [6.45, 7) is 1.84. The summed E-state index contributed by atoms with van der Waals surface area (Å²) >= 11 is 1.50. The topological polar surface area (TPSA) is 58.4 Å². The van der Waals surface area contributed by atoms with Crippen molar-refractivity contribution in [2.24, 2.45) is 0 Å². The van der Waals surface area contributed by atoms with E-state index in [1.807, 2.05) is 10.8 Å². The van der Waals surface area contributed by atoms with Crippen LogP contribution in [0.15, 0.2) is 18.7 Å². The summed E-state index contributed by atoms with van der Waals surface area (Å²) in [4.78, 5) is 17.5. The van der Waals surface area contributed by atoms with Crippen molar-refractivity contribution in [2.45, 2.75) is 18.4 Å². The number of aromatic nitrogens is 2. The number of nitrogens with zero attached hydrogens (tertiary/aromatic N) is 3. The van der Waals surface area contributed by atoms with Crippen LogP contribution < -0.4 is 0 Å². The third kappa shape index (κ3) is 2.99. The first-order valence-corrected chi connectivity index (χ1v) is 6.34. The van der Waals surface area contributed by atoms with Gasteiger partial charge in [0.1, 0.15) is 5.44 Å². The lowest BCUT2D eigenvalue weighted by atomic mass is 10.3. The lowest BCUT2D eigenvalue weighted by Gasteiger charge is -2.29. The Morgan fingerprint density at radius 2 is 2.50 bits per heavy atom. The van der Waals surface area contributed by atoms with Crippen LogP contribution in [0.1, 0.15) is 6.42 Å². The van der Waals surface area contributed by atoms with Crippen molar-refractivity contribution in [3.63, 3.8) is 0 Å². The molecule has 1 atom stereocenters. The summed E-state index contributed by atoms with van der Waals surface area (Å²) in [6.07, 6.45) is 5.71. The second-order valence-corrected chi connectivity index (χ2v) is 5.00. The number of thioether (sulfide) groups is 1. The van der Waals surface area contributed by atoms with Crippen LogP contribution in [0.25, 0.3) is 0 Å². The summed E-state index contributed by atoms with van der Waals surface area (Å²) in [5.41, 5.74) is -0.425. The maximum atomic E-state index is 11.8. The van der Waals surface area contributed by atoms with Gasteiger partial charge in [0.25, 0.3) is 0 Å². The third-order valence-electron chi connectivity index (χ3n) is 2.54. The Kier molecular flexibility index (Phi) is 3.84. The van der Waals surface area contributed by atoms with Crippen molar-refractivity contribution >= 4 is 17.7 Å². The van der Waals surface area contributed by atoms with E-state index in [-0.39, 0.29) is 5.91 Å². The van der Waals surface area contributed by atoms with E-state index in [9.17, 15) is 9.90 Å². The number of aliphatic hydroxyl groups is 1. The number of imidazole rings is 1. The average molecular weight is 241 g/mol. The van der Waals surface area contributed by atoms with E-state index in [1.165, 1.54) is 11.8 Å². The lowest BCUT2D eigenvalue weighted by molar-refractivity contribution is -0.132. The number of hydrogen-bond donors (Lipinski definition) is 1. The number of carbonyl (C=O) groups is 1. The van der Waals surface area contributed by atoms with E-state index >= 15 is 0 Å². The summed E-state index contributed by atoms with van der Waals surface area (Å²) in [6, 6.07) is 0. The third-order valence-corrected chi connectivity index (χ3v) is 3.50. The van der Waals surface area contributed by atoms with Crippen LogP contribution in [0.3, 0.4) is 0 Å². The molecule has 1 aliphatic heterocycles. The molecule has 1 unspecified atom stereocenters. The average Bonchev–Trinajstić information content (AvgIpc) is 2.78. The van der Waals surface area contributed by atoms with E-state index in [0.29, 0.717) is 19.5 Å². The van der Waals surface area contributed by atoms with E-state index in [2.05, 4.69) is 4.98 Å². The molecule has 1 saturated heterocycles. The minimum Gasteiger partial charge on any atom is -0.381 e. The zero-order valence-electron chi connectivity index (χ0n) is 8.95. The van der Waals surface area contributed by atoms with Crippen molar-refractivity contribution in [2.75, 3.05) is 18.8 Å². The summed E-state index contributed by atoms with van der Waals surface area (Å²) in [5.74, 6) is 0.922. The van der Waals surface area contributed by atoms with Gasteiger partial charge in [0.15, 0.2) is 0 Å². The minimum atomic E-state index is -0.425. The Balaban J connectivity index is 1.79. The zero-order chi connectivity index (χ0) is 11.4. The first-order chi connectivity index (χ1) is 7.75. The van der Waals surface area contributed by atoms with Gasteiger partial charge in [0.2, 0.25) is 5.91 Å². The standard InChI is InChI=1S/C10H15N3O2S/c14-9(1-3-12-4-2-11-8-12)13-5-6-16-10(15)7-13/h2,4,8,10,15H,1,3,5-7H2. The molecule has 0 saturated carbocycles. The van der Waals surface area contributed by atoms with Gasteiger partial charge in [0, 0.05) is 37.7 Å². The van der Waals surface area contributed by atoms with Gasteiger partial charge in [-0.1, -0.05) is 0 Å². The van der Waals surface area contributed by atoms with Gasteiger partial charge in [-0.2, -0.15) is 0 Å². The zero-order valence-corrected chi connectivity index (χ0v) is 9.77. The fourth-order valence-corrected chi connectivity index (χ4v) is 2.54. The molecule has 2 rings (SSSR count). The monoisotopic (exact) mass is 241 g/mol. The molecule has 1 aromatic rings. The molecule has 0 aliphatic carbocycles. The molecule has 1 aromatic heterocycles. The van der Waals surface area contributed by atoms with Gasteiger partial charge in [-0.15, -0.1) is 11.8 Å². The fourth-order valence-electron chi connectivity index (χ4n) is 1.66. The predicted molar refractivity (Wildman–Crippen MR) is 61.9 cm³/mol. The number of amides is 1. The van der Waals surface area contributed by atoms with Crippen molar-refractivity contribution < 1.29 is 9.90 Å². The second-order valence-electron chi connectivity index (χ2n) is 3.72. The maximum Gasteiger partial charge on any atom is 0.224 e. The molecule has 0 aromatic carbocycles. The molecule has 5 nitrogen and oxygen atoms in total. The number of aliphatic hydroxyl groups excluding tert-OH is 1. The normalized spacial score (nSPS) is 21.1. The highest BCUT2D eigenvalue weighted by Gasteiger charge is 2.21. The molecule has 0 bridgehead atoms. The van der Waals surface area contributed by atoms with Crippen LogP contribution in [0.4, 0.5) is 0 Å². The molecule has 0 spiro atoms. The molecule has 16 heavy (non-hydrogen) atoms. The second kappa shape index (κ2) is 5.36. The van der Waals surface area contributed by atoms with Crippen molar-refractivity contribution in [1.82, 2.24) is 14.5 Å². The molecule has 1 N–H and O–H groups in total. The quantitative estimate of drug-likeness (QED) is 0.819. The number of carbonyl (C=O) groups excluding carboxylic acids is 1.